The molecule has 0 aliphatic carbocycles. The van der Waals surface area contributed by atoms with Gasteiger partial charge < -0.3 is 15.5 Å². The summed E-state index contributed by atoms with van der Waals surface area (Å²) in [5.74, 6) is 0. The first-order valence-electron chi connectivity index (χ1n) is 20.6. The fourth-order valence-corrected chi connectivity index (χ4v) is 8.25. The molecule has 2 unspecified atom stereocenters. The zero-order chi connectivity index (χ0) is 43.7. The molecule has 2 saturated heterocycles. The van der Waals surface area contributed by atoms with Crippen molar-refractivity contribution in [3.8, 4) is 22.3 Å². The van der Waals surface area contributed by atoms with Crippen molar-refractivity contribution < 1.29 is 31.1 Å². The number of hydrogen-bond donors (Lipinski definition) is 2. The number of hydrogen-bond acceptors (Lipinski definition) is 4. The van der Waals surface area contributed by atoms with Crippen LogP contribution in [0.5, 0.6) is 0 Å². The maximum atomic E-state index is 13.4. The minimum atomic E-state index is -4.40. The van der Waals surface area contributed by atoms with E-state index in [1.807, 2.05) is 77.7 Å². The van der Waals surface area contributed by atoms with Crippen LogP contribution in [0.4, 0.5) is 31.1 Å². The fourth-order valence-electron chi connectivity index (χ4n) is 8.25. The summed E-state index contributed by atoms with van der Waals surface area (Å²) in [6.45, 7) is 6.20. The molecule has 6 aromatic carbocycles. The number of alkyl halides is 6. The predicted octanol–water partition coefficient (Wildman–Crippen LogP) is 11.1. The lowest BCUT2D eigenvalue weighted by molar-refractivity contribution is -0.137. The average Bonchev–Trinajstić information content (AvgIpc) is 3.29. The van der Waals surface area contributed by atoms with Gasteiger partial charge in [0.25, 0.3) is 0 Å². The number of nitrogens with one attached hydrogen (secondary N) is 2. The number of carbonyl (C=O) groups is 1. The number of benzene rings is 6. The molecule has 0 saturated carbocycles. The second kappa shape index (κ2) is 19.8. The van der Waals surface area contributed by atoms with Crippen LogP contribution in [0.3, 0.4) is 0 Å². The first-order valence-corrected chi connectivity index (χ1v) is 20.6. The number of rotatable bonds is 8. The van der Waals surface area contributed by atoms with Gasteiger partial charge in [-0.25, -0.2) is 4.79 Å². The molecule has 12 heteroatoms. The molecule has 2 amide bonds. The topological polar surface area (TPSA) is 50.9 Å². The lowest BCUT2D eigenvalue weighted by atomic mass is 9.98. The normalized spacial score (nSPS) is 17.5. The molecular formula is C50H49F6N5O. The second-order valence-electron chi connectivity index (χ2n) is 15.5. The molecule has 2 N–H and O–H groups in total. The molecular weight excluding hydrogens is 801 g/mol. The molecule has 0 aromatic heterocycles. The van der Waals surface area contributed by atoms with Crippen molar-refractivity contribution in [2.75, 3.05) is 46.3 Å². The number of carbonyl (C=O) groups excluding carboxylic acids is 1. The Bertz CT molecular complexity index is 2360. The van der Waals surface area contributed by atoms with E-state index in [1.54, 1.807) is 43.4 Å². The lowest BCUT2D eigenvalue weighted by Crippen LogP contribution is -2.52. The standard InChI is InChI=1S/C26H26F3N3O.C24H23F3N2/c1-30-25(33)32-16-15-31(18-24(32)21-7-3-2-4-8-21)17-19-11-13-20(14-12-19)22-9-5-6-10-23(22)26(27,28)29;25-24(26,27)22-9-5-4-8-21(22)19-12-10-18(11-13-19)16-29-15-14-28-23(17-29)20-6-2-1-3-7-20/h2-14,24H,15-18H2,1H3,(H,30,33);1-13,23,28H,14-17H2. The molecule has 2 heterocycles. The summed E-state index contributed by atoms with van der Waals surface area (Å²) in [5.41, 5.74) is 4.77. The number of halogens is 6. The molecule has 2 atom stereocenters. The van der Waals surface area contributed by atoms with Crippen LogP contribution in [0, 0.1) is 0 Å². The summed E-state index contributed by atoms with van der Waals surface area (Å²) in [4.78, 5) is 18.9. The Kier molecular flexibility index (Phi) is 14.1. The van der Waals surface area contributed by atoms with Crippen LogP contribution < -0.4 is 10.6 Å². The van der Waals surface area contributed by atoms with E-state index < -0.39 is 23.5 Å². The van der Waals surface area contributed by atoms with E-state index in [4.69, 9.17) is 0 Å². The minimum absolute atomic E-state index is 0.0714. The van der Waals surface area contributed by atoms with Gasteiger partial charge in [-0.2, -0.15) is 26.3 Å². The van der Waals surface area contributed by atoms with Gasteiger partial charge in [0.15, 0.2) is 0 Å². The summed E-state index contributed by atoms with van der Waals surface area (Å²) in [6, 6.07) is 46.5. The highest BCUT2D eigenvalue weighted by Crippen LogP contribution is 2.38. The highest BCUT2D eigenvalue weighted by molar-refractivity contribution is 5.74. The van der Waals surface area contributed by atoms with Gasteiger partial charge in [-0.3, -0.25) is 9.80 Å². The minimum Gasteiger partial charge on any atom is -0.341 e. The van der Waals surface area contributed by atoms with E-state index in [1.165, 1.54) is 29.8 Å². The molecule has 6 aromatic rings. The first kappa shape index (κ1) is 44.1. The van der Waals surface area contributed by atoms with Crippen LogP contribution >= 0.6 is 0 Å². The number of piperazine rings is 2. The highest BCUT2D eigenvalue weighted by atomic mass is 19.4. The molecule has 2 fully saturated rings. The van der Waals surface area contributed by atoms with Gasteiger partial charge in [0.05, 0.1) is 17.2 Å². The van der Waals surface area contributed by atoms with Gasteiger partial charge in [0.1, 0.15) is 0 Å². The Labute approximate surface area is 358 Å². The Hall–Kier alpha value is -5.95. The molecule has 0 radical (unpaired) electrons. The third-order valence-corrected chi connectivity index (χ3v) is 11.4. The summed E-state index contributed by atoms with van der Waals surface area (Å²) in [7, 11) is 1.63. The van der Waals surface area contributed by atoms with Crippen LogP contribution in [0.2, 0.25) is 0 Å². The largest absolute Gasteiger partial charge is 0.417 e. The lowest BCUT2D eigenvalue weighted by Gasteiger charge is -2.41. The predicted molar refractivity (Wildman–Crippen MR) is 232 cm³/mol. The van der Waals surface area contributed by atoms with Crippen molar-refractivity contribution in [2.45, 2.75) is 37.5 Å². The van der Waals surface area contributed by atoms with Crippen LogP contribution in [-0.2, 0) is 25.4 Å². The molecule has 6 nitrogen and oxygen atoms in total. The SMILES string of the molecule is CNC(=O)N1CCN(Cc2ccc(-c3ccccc3C(F)(F)F)cc2)CC1c1ccccc1.FC(F)(F)c1ccccc1-c1ccc(CN2CCNC(c3ccccc3)C2)cc1. The Balaban J connectivity index is 0.000000188. The summed E-state index contributed by atoms with van der Waals surface area (Å²) < 4.78 is 80.0. The monoisotopic (exact) mass is 849 g/mol. The van der Waals surface area contributed by atoms with E-state index in [0.29, 0.717) is 36.8 Å². The Morgan fingerprint density at radius 2 is 1.02 bits per heavy atom. The summed E-state index contributed by atoms with van der Waals surface area (Å²) in [5, 5.41) is 6.28. The van der Waals surface area contributed by atoms with Crippen molar-refractivity contribution in [1.82, 2.24) is 25.3 Å². The van der Waals surface area contributed by atoms with E-state index in [2.05, 4.69) is 32.6 Å². The highest BCUT2D eigenvalue weighted by Gasteiger charge is 2.35. The number of nitrogens with zero attached hydrogens (tertiary/aromatic N) is 3. The van der Waals surface area contributed by atoms with Crippen LogP contribution in [0.1, 0.15) is 45.5 Å². The third-order valence-electron chi connectivity index (χ3n) is 11.4. The van der Waals surface area contributed by atoms with Crippen LogP contribution in [0.15, 0.2) is 158 Å². The third kappa shape index (κ3) is 11.1. The van der Waals surface area contributed by atoms with Gasteiger partial charge in [-0.15, -0.1) is 0 Å². The zero-order valence-corrected chi connectivity index (χ0v) is 34.3. The van der Waals surface area contributed by atoms with E-state index in [-0.39, 0.29) is 23.2 Å². The summed E-state index contributed by atoms with van der Waals surface area (Å²) >= 11 is 0. The Morgan fingerprint density at radius 1 is 0.565 bits per heavy atom. The van der Waals surface area contributed by atoms with E-state index in [0.717, 1.165) is 61.5 Å². The van der Waals surface area contributed by atoms with Gasteiger partial charge in [-0.05, 0) is 56.6 Å². The van der Waals surface area contributed by atoms with Crippen LogP contribution in [-0.4, -0.2) is 67.0 Å². The van der Waals surface area contributed by atoms with Gasteiger partial charge in [0, 0.05) is 65.4 Å². The van der Waals surface area contributed by atoms with Gasteiger partial charge in [0.2, 0.25) is 0 Å². The van der Waals surface area contributed by atoms with Crippen molar-refractivity contribution in [3.63, 3.8) is 0 Å². The smallest absolute Gasteiger partial charge is 0.341 e. The van der Waals surface area contributed by atoms with Gasteiger partial charge in [-0.1, -0.05) is 146 Å². The van der Waals surface area contributed by atoms with E-state index in [9.17, 15) is 31.1 Å². The second-order valence-corrected chi connectivity index (χ2v) is 15.5. The maximum Gasteiger partial charge on any atom is 0.417 e. The quantitative estimate of drug-likeness (QED) is 0.150. The van der Waals surface area contributed by atoms with Crippen molar-refractivity contribution >= 4 is 6.03 Å². The molecule has 2 aliphatic heterocycles. The van der Waals surface area contributed by atoms with E-state index >= 15 is 0 Å². The average molecular weight is 850 g/mol. The number of urea groups is 1. The fraction of sp³-hybridized carbons (Fsp3) is 0.260. The molecule has 322 valence electrons. The molecule has 8 rings (SSSR count). The number of amides is 2. The molecule has 0 bridgehead atoms. The molecule has 62 heavy (non-hydrogen) atoms. The summed E-state index contributed by atoms with van der Waals surface area (Å²) in [6.07, 6.45) is -8.76. The molecule has 2 aliphatic rings. The first-order chi connectivity index (χ1) is 29.9. The van der Waals surface area contributed by atoms with Gasteiger partial charge >= 0.3 is 18.4 Å². The zero-order valence-electron chi connectivity index (χ0n) is 34.3. The maximum absolute atomic E-state index is 13.4. The molecule has 0 spiro atoms. The van der Waals surface area contributed by atoms with Crippen LogP contribution in [0.25, 0.3) is 22.3 Å². The van der Waals surface area contributed by atoms with Crippen molar-refractivity contribution in [1.29, 1.82) is 0 Å². The Morgan fingerprint density at radius 3 is 1.50 bits per heavy atom. The van der Waals surface area contributed by atoms with Crippen molar-refractivity contribution in [2.24, 2.45) is 0 Å². The van der Waals surface area contributed by atoms with Crippen molar-refractivity contribution in [3.05, 3.63) is 191 Å².